The minimum absolute atomic E-state index is 0.00386. The van der Waals surface area contributed by atoms with Crippen molar-refractivity contribution in [2.45, 2.75) is 6.42 Å². The molecule has 3 aromatic rings. The summed E-state index contributed by atoms with van der Waals surface area (Å²) in [6.45, 7) is 0. The molecule has 170 valence electrons. The molecule has 0 fully saturated rings. The van der Waals surface area contributed by atoms with Crippen LogP contribution in [-0.4, -0.2) is 16.2 Å². The minimum Gasteiger partial charge on any atom is -0.506 e. The number of carboxylic acids is 1. The zero-order valence-electron chi connectivity index (χ0n) is 17.0. The van der Waals surface area contributed by atoms with Gasteiger partial charge in [0.1, 0.15) is 11.3 Å². The van der Waals surface area contributed by atoms with E-state index in [2.05, 4.69) is 0 Å². The molecule has 0 spiro atoms. The molecule has 3 aromatic carbocycles. The van der Waals surface area contributed by atoms with Gasteiger partial charge >= 0.3 is 5.97 Å². The maximum atomic E-state index is 15.3. The van der Waals surface area contributed by atoms with Crippen molar-refractivity contribution in [3.8, 4) is 17.1 Å². The summed E-state index contributed by atoms with van der Waals surface area (Å²) in [6.07, 6.45) is -0.104. The van der Waals surface area contributed by atoms with E-state index in [1.165, 1.54) is 30.3 Å². The fraction of sp³-hybridized carbons (Fsp3) is 0.0400. The number of rotatable bonds is 3. The lowest BCUT2D eigenvalue weighted by Gasteiger charge is -2.19. The van der Waals surface area contributed by atoms with E-state index in [4.69, 9.17) is 39.2 Å². The van der Waals surface area contributed by atoms with Gasteiger partial charge in [0, 0.05) is 33.8 Å². The first-order chi connectivity index (χ1) is 16.2. The van der Waals surface area contributed by atoms with Crippen LogP contribution in [0.4, 0.5) is 4.39 Å². The average Bonchev–Trinajstić information content (AvgIpc) is 2.80. The summed E-state index contributed by atoms with van der Waals surface area (Å²) in [4.78, 5) is 24.7. The molecule has 1 heterocycles. The minimum atomic E-state index is -1.29. The lowest BCUT2D eigenvalue weighted by molar-refractivity contribution is 0.0696. The summed E-state index contributed by atoms with van der Waals surface area (Å²) in [6, 6.07) is 11.9. The van der Waals surface area contributed by atoms with Gasteiger partial charge in [-0.15, -0.1) is 0 Å². The second-order valence-corrected chi connectivity index (χ2v) is 8.86. The molecule has 0 amide bonds. The second-order valence-electron chi connectivity index (χ2n) is 7.64. The van der Waals surface area contributed by atoms with Crippen molar-refractivity contribution in [2.75, 3.05) is 0 Å². The lowest BCUT2D eigenvalue weighted by Crippen LogP contribution is -2.12. The van der Waals surface area contributed by atoms with Gasteiger partial charge in [0.2, 0.25) is 11.2 Å². The van der Waals surface area contributed by atoms with E-state index in [9.17, 15) is 19.8 Å². The van der Waals surface area contributed by atoms with Gasteiger partial charge in [-0.1, -0.05) is 59.1 Å². The standard InChI is InChI=1S/C25H12Cl3FO5/c26-15-5-6-16(27)21(25(32)33)14(15)7-13-12-8-17(28)18(30)9-19(12)34-24-20(13)10-3-1-2-4-11(10)23(31)22(24)29/h1-6,8-9,30H,7H2,(H,32,33). The van der Waals surface area contributed by atoms with Crippen LogP contribution in [0.5, 0.6) is 5.75 Å². The normalized spacial score (nSPS) is 11.5. The molecule has 1 aliphatic carbocycles. The van der Waals surface area contributed by atoms with E-state index >= 15 is 4.39 Å². The van der Waals surface area contributed by atoms with Crippen molar-refractivity contribution in [1.29, 1.82) is 0 Å². The van der Waals surface area contributed by atoms with Crippen molar-refractivity contribution >= 4 is 62.5 Å². The number of hydrogen-bond acceptors (Lipinski definition) is 4. The van der Waals surface area contributed by atoms with Crippen LogP contribution in [0.2, 0.25) is 15.1 Å². The highest BCUT2D eigenvalue weighted by atomic mass is 35.5. The first kappa shape index (κ1) is 22.5. The summed E-state index contributed by atoms with van der Waals surface area (Å²) in [5.41, 5.74) is -0.147. The fourth-order valence-electron chi connectivity index (χ4n) is 4.21. The monoisotopic (exact) mass is 516 g/mol. The van der Waals surface area contributed by atoms with Crippen molar-refractivity contribution < 1.29 is 23.8 Å². The van der Waals surface area contributed by atoms with Crippen molar-refractivity contribution in [3.05, 3.63) is 96.3 Å². The molecule has 2 N–H and O–H groups in total. The number of phenolic OH excluding ortho intramolecular Hbond substituents is 1. The van der Waals surface area contributed by atoms with Gasteiger partial charge < -0.3 is 14.6 Å². The van der Waals surface area contributed by atoms with E-state index in [1.807, 2.05) is 0 Å². The quantitative estimate of drug-likeness (QED) is 0.196. The van der Waals surface area contributed by atoms with Crippen LogP contribution in [0, 0.1) is 5.82 Å². The van der Waals surface area contributed by atoms with Crippen molar-refractivity contribution in [3.63, 3.8) is 0 Å². The smallest absolute Gasteiger partial charge is 0.337 e. The molecule has 0 aromatic heterocycles. The first-order valence-electron chi connectivity index (χ1n) is 9.87. The molecule has 1 aliphatic heterocycles. The van der Waals surface area contributed by atoms with E-state index < -0.39 is 17.2 Å². The van der Waals surface area contributed by atoms with Crippen LogP contribution in [0.15, 0.2) is 57.7 Å². The Balaban J connectivity index is 2.00. The van der Waals surface area contributed by atoms with Gasteiger partial charge in [-0.05, 0) is 34.7 Å². The van der Waals surface area contributed by atoms with E-state index in [-0.39, 0.29) is 60.7 Å². The molecule has 5 rings (SSSR count). The summed E-state index contributed by atoms with van der Waals surface area (Å²) in [5.74, 6) is -3.03. The second kappa shape index (κ2) is 8.17. The van der Waals surface area contributed by atoms with E-state index in [0.717, 1.165) is 0 Å². The maximum Gasteiger partial charge on any atom is 0.337 e. The molecule has 9 heteroatoms. The number of hydrogen-bond donors (Lipinski definition) is 2. The topological polar surface area (TPSA) is 87.7 Å². The molecule has 0 atom stereocenters. The Hall–Kier alpha value is -3.32. The Bertz CT molecular complexity index is 1690. The third kappa shape index (κ3) is 3.38. The molecule has 0 saturated carbocycles. The Kier molecular flexibility index (Phi) is 5.40. The van der Waals surface area contributed by atoms with Gasteiger partial charge in [0.25, 0.3) is 0 Å². The Morgan fingerprint density at radius 2 is 1.59 bits per heavy atom. The predicted molar refractivity (Wildman–Crippen MR) is 129 cm³/mol. The Morgan fingerprint density at radius 1 is 0.912 bits per heavy atom. The van der Waals surface area contributed by atoms with Gasteiger partial charge in [-0.2, -0.15) is 4.39 Å². The Morgan fingerprint density at radius 3 is 2.29 bits per heavy atom. The SMILES string of the molecule is O=C(O)c1c(Cl)ccc(Cl)c1Cc1c2c3ccccc3c(=O)c(F)c-2oc2cc(O)c(Cl)cc12. The molecule has 5 nitrogen and oxygen atoms in total. The largest absolute Gasteiger partial charge is 0.506 e. The molecule has 34 heavy (non-hydrogen) atoms. The van der Waals surface area contributed by atoms with E-state index in [0.29, 0.717) is 16.3 Å². The molecule has 0 saturated heterocycles. The van der Waals surface area contributed by atoms with Gasteiger partial charge in [-0.3, -0.25) is 4.79 Å². The van der Waals surface area contributed by atoms with Crippen LogP contribution in [0.25, 0.3) is 33.1 Å². The number of aromatic hydroxyl groups is 1. The summed E-state index contributed by atoms with van der Waals surface area (Å²) in [7, 11) is 0. The van der Waals surface area contributed by atoms with Crippen LogP contribution in [-0.2, 0) is 6.42 Å². The van der Waals surface area contributed by atoms with Crippen LogP contribution < -0.4 is 5.43 Å². The van der Waals surface area contributed by atoms with E-state index in [1.54, 1.807) is 18.2 Å². The molecule has 0 unspecified atom stereocenters. The zero-order valence-corrected chi connectivity index (χ0v) is 19.2. The molecule has 2 aliphatic rings. The number of carboxylic acid groups (broad SMARTS) is 1. The molecule has 0 bridgehead atoms. The number of benzene rings is 4. The van der Waals surface area contributed by atoms with Gasteiger partial charge in [0.15, 0.2) is 5.76 Å². The van der Waals surface area contributed by atoms with Crippen LogP contribution >= 0.6 is 34.8 Å². The summed E-state index contributed by atoms with van der Waals surface area (Å²) in [5, 5.41) is 20.9. The first-order valence-corrected chi connectivity index (χ1v) is 11.0. The molecular weight excluding hydrogens is 506 g/mol. The highest BCUT2D eigenvalue weighted by molar-refractivity contribution is 6.36. The number of aromatic carboxylic acids is 1. The highest BCUT2D eigenvalue weighted by Gasteiger charge is 2.28. The van der Waals surface area contributed by atoms with Crippen LogP contribution in [0.1, 0.15) is 21.5 Å². The number of phenols is 1. The lowest BCUT2D eigenvalue weighted by atomic mass is 9.88. The van der Waals surface area contributed by atoms with Crippen LogP contribution in [0.3, 0.4) is 0 Å². The van der Waals surface area contributed by atoms with Gasteiger partial charge in [-0.25, -0.2) is 4.79 Å². The maximum absolute atomic E-state index is 15.3. The predicted octanol–water partition coefficient (Wildman–Crippen LogP) is 7.14. The number of fused-ring (bicyclic) bond motifs is 4. The number of carbonyl (C=O) groups is 1. The average molecular weight is 518 g/mol. The third-order valence-corrected chi connectivity index (χ3v) is 6.70. The molecule has 0 radical (unpaired) electrons. The van der Waals surface area contributed by atoms with Gasteiger partial charge in [0.05, 0.1) is 15.6 Å². The third-order valence-electron chi connectivity index (χ3n) is 5.73. The number of halogens is 4. The fourth-order valence-corrected chi connectivity index (χ4v) is 4.86. The summed E-state index contributed by atoms with van der Waals surface area (Å²) < 4.78 is 21.0. The zero-order chi connectivity index (χ0) is 24.3. The molecular formula is C25H12Cl3FO5. The summed E-state index contributed by atoms with van der Waals surface area (Å²) >= 11 is 18.7. The Labute approximate surface area is 205 Å². The van der Waals surface area contributed by atoms with Crippen molar-refractivity contribution in [1.82, 2.24) is 0 Å². The highest BCUT2D eigenvalue weighted by Crippen LogP contribution is 2.43. The van der Waals surface area contributed by atoms with Crippen molar-refractivity contribution in [2.24, 2.45) is 0 Å².